The summed E-state index contributed by atoms with van der Waals surface area (Å²) in [6, 6.07) is 6.65. The SMILES string of the molecule is CCOC(=O)c1cc2c(=O)n3ccccc3nc2n(CCCOC)c1=NC(=O)C(C)(C)C. The van der Waals surface area contributed by atoms with Crippen molar-refractivity contribution in [1.29, 1.82) is 0 Å². The fourth-order valence-corrected chi connectivity index (χ4v) is 3.20. The van der Waals surface area contributed by atoms with Crippen molar-refractivity contribution in [3.05, 3.63) is 51.9 Å². The summed E-state index contributed by atoms with van der Waals surface area (Å²) in [5.41, 5.74) is -0.136. The van der Waals surface area contributed by atoms with Gasteiger partial charge in [0.05, 0.1) is 12.0 Å². The third-order valence-corrected chi connectivity index (χ3v) is 4.86. The van der Waals surface area contributed by atoms with Gasteiger partial charge in [0, 0.05) is 31.9 Å². The van der Waals surface area contributed by atoms with Crippen LogP contribution in [0.5, 0.6) is 0 Å². The Hall–Kier alpha value is -3.33. The van der Waals surface area contributed by atoms with Gasteiger partial charge in [-0.25, -0.2) is 9.78 Å². The Balaban J connectivity index is 2.48. The molecule has 9 heteroatoms. The molecule has 0 radical (unpaired) electrons. The van der Waals surface area contributed by atoms with Crippen molar-refractivity contribution in [3.8, 4) is 0 Å². The lowest BCUT2D eigenvalue weighted by atomic mass is 9.96. The Morgan fingerprint density at radius 2 is 1.97 bits per heavy atom. The lowest BCUT2D eigenvalue weighted by Crippen LogP contribution is -2.34. The van der Waals surface area contributed by atoms with Crippen LogP contribution in [0.15, 0.2) is 40.2 Å². The summed E-state index contributed by atoms with van der Waals surface area (Å²) in [5, 5.41) is 0.233. The van der Waals surface area contributed by atoms with Crippen molar-refractivity contribution in [2.75, 3.05) is 20.3 Å². The lowest BCUT2D eigenvalue weighted by molar-refractivity contribution is -0.125. The van der Waals surface area contributed by atoms with Crippen LogP contribution in [0.25, 0.3) is 16.7 Å². The molecule has 0 saturated heterocycles. The number of hydrogen-bond donors (Lipinski definition) is 0. The van der Waals surface area contributed by atoms with Crippen molar-refractivity contribution in [2.24, 2.45) is 10.4 Å². The van der Waals surface area contributed by atoms with Crippen LogP contribution in [0.2, 0.25) is 0 Å². The summed E-state index contributed by atoms with van der Waals surface area (Å²) < 4.78 is 13.4. The lowest BCUT2D eigenvalue weighted by Gasteiger charge is -2.17. The van der Waals surface area contributed by atoms with Gasteiger partial charge in [-0.1, -0.05) is 26.8 Å². The van der Waals surface area contributed by atoms with Crippen molar-refractivity contribution in [3.63, 3.8) is 0 Å². The van der Waals surface area contributed by atoms with Crippen LogP contribution in [-0.2, 0) is 20.8 Å². The first kappa shape index (κ1) is 23.3. The highest BCUT2D eigenvalue weighted by Crippen LogP contribution is 2.16. The molecule has 1 amide bonds. The molecule has 0 atom stereocenters. The number of esters is 1. The van der Waals surface area contributed by atoms with Crippen molar-refractivity contribution in [1.82, 2.24) is 14.0 Å². The van der Waals surface area contributed by atoms with E-state index in [1.807, 2.05) is 0 Å². The van der Waals surface area contributed by atoms with Gasteiger partial charge in [0.25, 0.3) is 11.5 Å². The molecule has 0 saturated carbocycles. The van der Waals surface area contributed by atoms with Gasteiger partial charge in [0.2, 0.25) is 0 Å². The molecule has 170 valence electrons. The van der Waals surface area contributed by atoms with Crippen LogP contribution in [0.3, 0.4) is 0 Å². The number of amides is 1. The summed E-state index contributed by atoms with van der Waals surface area (Å²) in [5.74, 6) is -1.06. The first-order valence-electron chi connectivity index (χ1n) is 10.5. The highest BCUT2D eigenvalue weighted by molar-refractivity contribution is 5.94. The predicted molar refractivity (Wildman–Crippen MR) is 119 cm³/mol. The van der Waals surface area contributed by atoms with Gasteiger partial charge >= 0.3 is 5.97 Å². The first-order chi connectivity index (χ1) is 15.2. The fourth-order valence-electron chi connectivity index (χ4n) is 3.20. The summed E-state index contributed by atoms with van der Waals surface area (Å²) in [6.07, 6.45) is 2.18. The van der Waals surface area contributed by atoms with E-state index in [-0.39, 0.29) is 28.6 Å². The minimum absolute atomic E-state index is 0.0455. The largest absolute Gasteiger partial charge is 0.462 e. The second kappa shape index (κ2) is 9.44. The number of rotatable bonds is 6. The number of nitrogens with zero attached hydrogens (tertiary/aromatic N) is 4. The van der Waals surface area contributed by atoms with Crippen LogP contribution in [0.1, 0.15) is 44.5 Å². The van der Waals surface area contributed by atoms with E-state index in [1.165, 1.54) is 10.5 Å². The molecule has 9 nitrogen and oxygen atoms in total. The van der Waals surface area contributed by atoms with E-state index in [0.717, 1.165) is 0 Å². The zero-order chi connectivity index (χ0) is 23.5. The number of hydrogen-bond acceptors (Lipinski definition) is 6. The summed E-state index contributed by atoms with van der Waals surface area (Å²) in [6.45, 7) is 7.85. The molecule has 3 heterocycles. The van der Waals surface area contributed by atoms with E-state index in [1.54, 1.807) is 63.8 Å². The number of ether oxygens (including phenoxy) is 2. The van der Waals surface area contributed by atoms with Gasteiger partial charge in [-0.05, 0) is 31.5 Å². The van der Waals surface area contributed by atoms with Crippen LogP contribution in [0, 0.1) is 5.41 Å². The molecule has 0 spiro atoms. The average molecular weight is 441 g/mol. The van der Waals surface area contributed by atoms with E-state index < -0.39 is 17.3 Å². The number of aryl methyl sites for hydroxylation is 1. The van der Waals surface area contributed by atoms with Gasteiger partial charge in [-0.3, -0.25) is 14.0 Å². The van der Waals surface area contributed by atoms with Crippen molar-refractivity contribution >= 4 is 28.6 Å². The second-order valence-corrected chi connectivity index (χ2v) is 8.35. The van der Waals surface area contributed by atoms with Crippen LogP contribution in [-0.4, -0.2) is 46.2 Å². The number of carbonyl (C=O) groups excluding carboxylic acids is 2. The monoisotopic (exact) mass is 440 g/mol. The standard InChI is InChI=1S/C23H28N4O5/c1-6-32-21(29)16-14-15-18(24-17-10-7-8-11-26(17)20(15)28)27(12-9-13-31-5)19(16)25-22(30)23(2,3)4/h7-8,10-11,14H,6,9,12-13H2,1-5H3. The van der Waals surface area contributed by atoms with E-state index in [4.69, 9.17) is 9.47 Å². The molecule has 0 aromatic carbocycles. The molecule has 0 unspecified atom stereocenters. The van der Waals surface area contributed by atoms with E-state index in [2.05, 4.69) is 9.98 Å². The fraction of sp³-hybridized carbons (Fsp3) is 0.435. The minimum atomic E-state index is -0.762. The zero-order valence-electron chi connectivity index (χ0n) is 19.0. The second-order valence-electron chi connectivity index (χ2n) is 8.35. The Bertz CT molecular complexity index is 1300. The third-order valence-electron chi connectivity index (χ3n) is 4.86. The maximum atomic E-state index is 13.2. The van der Waals surface area contributed by atoms with E-state index in [0.29, 0.717) is 30.9 Å². The third kappa shape index (κ3) is 4.62. The average Bonchev–Trinajstić information content (AvgIpc) is 2.74. The minimum Gasteiger partial charge on any atom is -0.462 e. The molecule has 0 aliphatic carbocycles. The molecule has 0 fully saturated rings. The van der Waals surface area contributed by atoms with Crippen LogP contribution in [0.4, 0.5) is 0 Å². The van der Waals surface area contributed by atoms with E-state index >= 15 is 0 Å². The maximum absolute atomic E-state index is 13.2. The molecular weight excluding hydrogens is 412 g/mol. The Morgan fingerprint density at radius 1 is 1.22 bits per heavy atom. The van der Waals surface area contributed by atoms with Gasteiger partial charge in [-0.2, -0.15) is 4.99 Å². The molecule has 3 aromatic rings. The number of aromatic nitrogens is 3. The summed E-state index contributed by atoms with van der Waals surface area (Å²) >= 11 is 0. The smallest absolute Gasteiger partial charge is 0.341 e. The molecule has 0 N–H and O–H groups in total. The van der Waals surface area contributed by atoms with Gasteiger partial charge in [0.15, 0.2) is 5.49 Å². The van der Waals surface area contributed by atoms with E-state index in [9.17, 15) is 14.4 Å². The van der Waals surface area contributed by atoms with Crippen LogP contribution < -0.4 is 11.0 Å². The van der Waals surface area contributed by atoms with Gasteiger partial charge in [0.1, 0.15) is 16.9 Å². The number of methoxy groups -OCH3 is 1. The first-order valence-corrected chi connectivity index (χ1v) is 10.5. The van der Waals surface area contributed by atoms with Crippen molar-refractivity contribution in [2.45, 2.75) is 40.7 Å². The van der Waals surface area contributed by atoms with Gasteiger partial charge < -0.3 is 14.0 Å². The molecule has 0 aliphatic heterocycles. The molecule has 0 bridgehead atoms. The zero-order valence-corrected chi connectivity index (χ0v) is 19.0. The molecule has 3 rings (SSSR count). The number of fused-ring (bicyclic) bond motifs is 2. The Kier molecular flexibility index (Phi) is 6.88. The van der Waals surface area contributed by atoms with Crippen LogP contribution >= 0.6 is 0 Å². The summed E-state index contributed by atoms with van der Waals surface area (Å²) in [4.78, 5) is 47.8. The van der Waals surface area contributed by atoms with Crippen molar-refractivity contribution < 1.29 is 19.1 Å². The summed E-state index contributed by atoms with van der Waals surface area (Å²) in [7, 11) is 1.59. The molecule has 0 aliphatic rings. The molecule has 3 aromatic heterocycles. The number of pyridine rings is 2. The molecular formula is C23H28N4O5. The normalized spacial score (nSPS) is 12.5. The topological polar surface area (TPSA) is 104 Å². The highest BCUT2D eigenvalue weighted by Gasteiger charge is 2.24. The quantitative estimate of drug-likeness (QED) is 0.331. The molecule has 32 heavy (non-hydrogen) atoms. The Morgan fingerprint density at radius 3 is 2.62 bits per heavy atom. The Labute approximate surface area is 185 Å². The van der Waals surface area contributed by atoms with Gasteiger partial charge in [-0.15, -0.1) is 0 Å². The predicted octanol–water partition coefficient (Wildman–Crippen LogP) is 2.34. The number of carbonyl (C=O) groups is 2. The maximum Gasteiger partial charge on any atom is 0.341 e. The highest BCUT2D eigenvalue weighted by atomic mass is 16.5.